The molecule has 0 bridgehead atoms. The number of para-hydroxylation sites is 1. The minimum atomic E-state index is -1.66. The zero-order valence-electron chi connectivity index (χ0n) is 10.5. The van der Waals surface area contributed by atoms with E-state index in [4.69, 9.17) is 16.3 Å². The number of amides is 1. The van der Waals surface area contributed by atoms with E-state index in [1.165, 1.54) is 4.90 Å². The molecule has 1 atom stereocenters. The topological polar surface area (TPSA) is 55.8 Å². The Balaban J connectivity index is 2.11. The molecule has 1 amide bonds. The summed E-state index contributed by atoms with van der Waals surface area (Å²) in [7, 11) is 0. The number of hydrogen-bond donors (Lipinski definition) is 0. The molecule has 0 saturated carbocycles. The predicted molar refractivity (Wildman–Crippen MR) is 70.1 cm³/mol. The molecular formula is C13H14ClNO4. The Bertz CT molecular complexity index is 479. The van der Waals surface area contributed by atoms with E-state index >= 15 is 0 Å². The van der Waals surface area contributed by atoms with Crippen molar-refractivity contribution in [2.24, 2.45) is 0 Å². The second-order valence-corrected chi connectivity index (χ2v) is 4.67. The molecule has 0 radical (unpaired) electrons. The first-order valence-electron chi connectivity index (χ1n) is 5.98. The van der Waals surface area contributed by atoms with Gasteiger partial charge in [0.05, 0.1) is 6.61 Å². The third-order valence-corrected chi connectivity index (χ3v) is 3.22. The summed E-state index contributed by atoms with van der Waals surface area (Å²) in [6.45, 7) is 2.21. The molecule has 0 N–H and O–H groups in total. The summed E-state index contributed by atoms with van der Waals surface area (Å²) in [6.07, 6.45) is -0.707. The summed E-state index contributed by atoms with van der Waals surface area (Å²) < 4.78 is 9.56. The highest BCUT2D eigenvalue weighted by atomic mass is 35.5. The quantitative estimate of drug-likeness (QED) is 0.632. The van der Waals surface area contributed by atoms with Gasteiger partial charge in [0.25, 0.3) is 11.0 Å². The molecule has 0 aliphatic carbocycles. The van der Waals surface area contributed by atoms with Crippen molar-refractivity contribution in [1.82, 2.24) is 0 Å². The van der Waals surface area contributed by atoms with E-state index in [1.807, 2.05) is 18.2 Å². The van der Waals surface area contributed by atoms with Crippen LogP contribution in [0.15, 0.2) is 30.3 Å². The molecule has 1 fully saturated rings. The smallest absolute Gasteiger partial charge is 0.435 e. The van der Waals surface area contributed by atoms with Crippen LogP contribution in [0.25, 0.3) is 0 Å². The largest absolute Gasteiger partial charge is 0.510 e. The van der Waals surface area contributed by atoms with E-state index in [0.29, 0.717) is 6.54 Å². The lowest BCUT2D eigenvalue weighted by atomic mass is 10.3. The van der Waals surface area contributed by atoms with Crippen LogP contribution in [0.1, 0.15) is 13.3 Å². The molecule has 0 aromatic heterocycles. The van der Waals surface area contributed by atoms with Crippen molar-refractivity contribution in [3.8, 4) is 0 Å². The fourth-order valence-corrected chi connectivity index (χ4v) is 2.14. The van der Waals surface area contributed by atoms with E-state index in [9.17, 15) is 9.59 Å². The van der Waals surface area contributed by atoms with Gasteiger partial charge < -0.3 is 14.4 Å². The lowest BCUT2D eigenvalue weighted by molar-refractivity contribution is -0.128. The highest BCUT2D eigenvalue weighted by molar-refractivity contribution is 6.37. The molecule has 1 aliphatic heterocycles. The molecule has 2 rings (SSSR count). The summed E-state index contributed by atoms with van der Waals surface area (Å²) in [6, 6.07) is 9.09. The first-order chi connectivity index (χ1) is 9.07. The molecular weight excluding hydrogens is 270 g/mol. The number of benzene rings is 1. The van der Waals surface area contributed by atoms with E-state index in [1.54, 1.807) is 19.1 Å². The molecule has 1 heterocycles. The molecule has 1 saturated heterocycles. The van der Waals surface area contributed by atoms with Crippen molar-refractivity contribution in [2.75, 3.05) is 18.1 Å². The van der Waals surface area contributed by atoms with Gasteiger partial charge in [0.2, 0.25) is 0 Å². The average molecular weight is 284 g/mol. The number of carbonyl (C=O) groups excluding carboxylic acids is 2. The molecule has 1 aliphatic rings. The average Bonchev–Trinajstić information content (AvgIpc) is 2.67. The second-order valence-electron chi connectivity index (χ2n) is 4.06. The minimum Gasteiger partial charge on any atom is -0.435 e. The second kappa shape index (κ2) is 5.48. The lowest BCUT2D eigenvalue weighted by Gasteiger charge is -2.21. The molecule has 0 spiro atoms. The minimum absolute atomic E-state index is 0.169. The maximum atomic E-state index is 12.2. The highest BCUT2D eigenvalue weighted by Crippen LogP contribution is 2.34. The van der Waals surface area contributed by atoms with Crippen LogP contribution in [-0.2, 0) is 14.3 Å². The SMILES string of the molecule is CCOC(=O)OC1(Cl)CCN(c2ccccc2)C1=O. The summed E-state index contributed by atoms with van der Waals surface area (Å²) >= 11 is 6.08. The van der Waals surface area contributed by atoms with Crippen LogP contribution in [0.3, 0.4) is 0 Å². The van der Waals surface area contributed by atoms with Gasteiger partial charge in [-0.25, -0.2) is 4.79 Å². The molecule has 5 nitrogen and oxygen atoms in total. The van der Waals surface area contributed by atoms with Crippen molar-refractivity contribution in [2.45, 2.75) is 18.4 Å². The van der Waals surface area contributed by atoms with Crippen molar-refractivity contribution in [3.05, 3.63) is 30.3 Å². The first kappa shape index (κ1) is 13.7. The fourth-order valence-electron chi connectivity index (χ4n) is 1.89. The zero-order valence-corrected chi connectivity index (χ0v) is 11.2. The monoisotopic (exact) mass is 283 g/mol. The normalized spacial score (nSPS) is 22.4. The molecule has 1 aromatic rings. The van der Waals surface area contributed by atoms with Gasteiger partial charge in [0, 0.05) is 18.7 Å². The number of carbonyl (C=O) groups is 2. The predicted octanol–water partition coefficient (Wildman–Crippen LogP) is 2.53. The Morgan fingerprint density at radius 1 is 1.42 bits per heavy atom. The Morgan fingerprint density at radius 2 is 2.11 bits per heavy atom. The van der Waals surface area contributed by atoms with Crippen LogP contribution in [0.5, 0.6) is 0 Å². The van der Waals surface area contributed by atoms with E-state index in [0.717, 1.165) is 5.69 Å². The van der Waals surface area contributed by atoms with Crippen LogP contribution in [0.2, 0.25) is 0 Å². The van der Waals surface area contributed by atoms with Crippen molar-refractivity contribution in [3.63, 3.8) is 0 Å². The third-order valence-electron chi connectivity index (χ3n) is 2.80. The van der Waals surface area contributed by atoms with Crippen LogP contribution in [0, 0.1) is 0 Å². The Morgan fingerprint density at radius 3 is 2.74 bits per heavy atom. The number of ether oxygens (including phenoxy) is 2. The van der Waals surface area contributed by atoms with Crippen LogP contribution in [-0.4, -0.2) is 30.3 Å². The Hall–Kier alpha value is -1.75. The van der Waals surface area contributed by atoms with Crippen LogP contribution in [0.4, 0.5) is 10.5 Å². The first-order valence-corrected chi connectivity index (χ1v) is 6.36. The maximum absolute atomic E-state index is 12.2. The molecule has 19 heavy (non-hydrogen) atoms. The summed E-state index contributed by atoms with van der Waals surface area (Å²) in [5.41, 5.74) is 0.725. The highest BCUT2D eigenvalue weighted by Gasteiger charge is 2.49. The van der Waals surface area contributed by atoms with Gasteiger partial charge in [-0.05, 0) is 19.1 Å². The van der Waals surface area contributed by atoms with Gasteiger partial charge in [-0.2, -0.15) is 0 Å². The molecule has 6 heteroatoms. The van der Waals surface area contributed by atoms with Gasteiger partial charge >= 0.3 is 6.16 Å². The summed E-state index contributed by atoms with van der Waals surface area (Å²) in [5, 5.41) is -1.66. The van der Waals surface area contributed by atoms with Gasteiger partial charge in [-0.1, -0.05) is 29.8 Å². The number of rotatable bonds is 3. The number of halogens is 1. The third kappa shape index (κ3) is 2.81. The van der Waals surface area contributed by atoms with Crippen molar-refractivity contribution < 1.29 is 19.1 Å². The molecule has 102 valence electrons. The summed E-state index contributed by atoms with van der Waals surface area (Å²) in [5.74, 6) is -0.451. The Labute approximate surface area is 116 Å². The summed E-state index contributed by atoms with van der Waals surface area (Å²) in [4.78, 5) is 25.0. The standard InChI is InChI=1S/C13H14ClNO4/c1-2-18-12(17)19-13(14)8-9-15(11(13)16)10-6-4-3-5-7-10/h3-7H,2,8-9H2,1H3. The number of nitrogens with zero attached hydrogens (tertiary/aromatic N) is 1. The van der Waals surface area contributed by atoms with E-state index in [2.05, 4.69) is 4.74 Å². The van der Waals surface area contributed by atoms with Crippen molar-refractivity contribution >= 4 is 29.4 Å². The fraction of sp³-hybridized carbons (Fsp3) is 0.385. The van der Waals surface area contributed by atoms with Gasteiger partial charge in [-0.3, -0.25) is 4.79 Å². The van der Waals surface area contributed by atoms with E-state index < -0.39 is 17.1 Å². The van der Waals surface area contributed by atoms with Crippen LogP contribution < -0.4 is 4.90 Å². The molecule has 1 aromatic carbocycles. The number of hydrogen-bond acceptors (Lipinski definition) is 4. The molecule has 1 unspecified atom stereocenters. The van der Waals surface area contributed by atoms with Gasteiger partial charge in [0.1, 0.15) is 0 Å². The van der Waals surface area contributed by atoms with Crippen molar-refractivity contribution in [1.29, 1.82) is 0 Å². The Kier molecular flexibility index (Phi) is 3.95. The van der Waals surface area contributed by atoms with Gasteiger partial charge in [-0.15, -0.1) is 0 Å². The number of alkyl halides is 1. The van der Waals surface area contributed by atoms with Gasteiger partial charge in [0.15, 0.2) is 0 Å². The maximum Gasteiger partial charge on any atom is 0.510 e. The van der Waals surface area contributed by atoms with Crippen LogP contribution >= 0.6 is 11.6 Å². The van der Waals surface area contributed by atoms with E-state index in [-0.39, 0.29) is 13.0 Å². The lowest BCUT2D eigenvalue weighted by Crippen LogP contribution is -2.39. The number of anilines is 1. The zero-order chi connectivity index (χ0) is 13.9.